The summed E-state index contributed by atoms with van der Waals surface area (Å²) in [5.74, 6) is -1.32. The molecule has 1 unspecified atom stereocenters. The maximum absolute atomic E-state index is 12.1. The van der Waals surface area contributed by atoms with E-state index in [1.54, 1.807) is 6.92 Å². The van der Waals surface area contributed by atoms with Crippen LogP contribution in [0.1, 0.15) is 76.5 Å². The van der Waals surface area contributed by atoms with Crippen LogP contribution in [0.3, 0.4) is 0 Å². The van der Waals surface area contributed by atoms with Crippen LogP contribution in [0.2, 0.25) is 0 Å². The van der Waals surface area contributed by atoms with E-state index >= 15 is 0 Å². The first kappa shape index (κ1) is 30.3. The lowest BCUT2D eigenvalue weighted by molar-refractivity contribution is -0.139. The summed E-state index contributed by atoms with van der Waals surface area (Å²) in [7, 11) is 0. The summed E-state index contributed by atoms with van der Waals surface area (Å²) < 4.78 is 0. The van der Waals surface area contributed by atoms with Gasteiger partial charge in [-0.3, -0.25) is 28.9 Å². The Balaban J connectivity index is -0.000000761. The number of rotatable bonds is 11. The molecule has 1 heterocycles. The van der Waals surface area contributed by atoms with Crippen LogP contribution in [0.4, 0.5) is 0 Å². The Morgan fingerprint density at radius 2 is 1.73 bits per heavy atom. The Morgan fingerprint density at radius 1 is 1.13 bits per heavy atom. The zero-order chi connectivity index (χ0) is 22.6. The van der Waals surface area contributed by atoms with E-state index in [-0.39, 0.29) is 77.0 Å². The maximum atomic E-state index is 12.1. The fourth-order valence-electron chi connectivity index (χ4n) is 2.92. The van der Waals surface area contributed by atoms with Crippen LogP contribution in [-0.2, 0) is 24.0 Å². The lowest BCUT2D eigenvalue weighted by Crippen LogP contribution is -2.50. The molecule has 9 heteroatoms. The summed E-state index contributed by atoms with van der Waals surface area (Å²) >= 11 is 0. The van der Waals surface area contributed by atoms with Crippen LogP contribution >= 0.6 is 13.5 Å². The Labute approximate surface area is 190 Å². The van der Waals surface area contributed by atoms with Crippen molar-refractivity contribution in [1.29, 1.82) is 0 Å². The van der Waals surface area contributed by atoms with Crippen molar-refractivity contribution in [2.45, 2.75) is 79.7 Å². The molecule has 2 atom stereocenters. The number of nitrogens with one attached hydrogen (secondary N) is 2. The van der Waals surface area contributed by atoms with Crippen LogP contribution in [-0.4, -0.2) is 53.4 Å². The van der Waals surface area contributed by atoms with Gasteiger partial charge in [0.1, 0.15) is 11.8 Å². The van der Waals surface area contributed by atoms with E-state index in [9.17, 15) is 24.0 Å². The highest BCUT2D eigenvalue weighted by molar-refractivity contribution is 7.59. The Kier molecular flexibility index (Phi) is 16.0. The Morgan fingerprint density at radius 3 is 2.20 bits per heavy atom. The molecule has 2 N–H and O–H groups in total. The van der Waals surface area contributed by atoms with E-state index in [0.717, 1.165) is 0 Å². The van der Waals surface area contributed by atoms with Gasteiger partial charge < -0.3 is 10.6 Å². The van der Waals surface area contributed by atoms with Crippen LogP contribution in [0.15, 0.2) is 0 Å². The smallest absolute Gasteiger partial charge is 0.243 e. The van der Waals surface area contributed by atoms with Gasteiger partial charge in [0.15, 0.2) is 0 Å². The summed E-state index contributed by atoms with van der Waals surface area (Å²) in [6, 6.07) is -0.682. The largest absolute Gasteiger partial charge is 0.347 e. The second-order valence-electron chi connectivity index (χ2n) is 7.51. The minimum atomic E-state index is -0.682. The number of likely N-dealkylation sites (tertiary alicyclic amines) is 1. The summed E-state index contributed by atoms with van der Waals surface area (Å²) in [5.41, 5.74) is 0. The number of carbonyl (C=O) groups excluding carboxylic acids is 5. The van der Waals surface area contributed by atoms with Crippen LogP contribution in [0.25, 0.3) is 0 Å². The highest BCUT2D eigenvalue weighted by Crippen LogP contribution is 2.19. The Bertz CT molecular complexity index is 606. The second-order valence-corrected chi connectivity index (χ2v) is 7.51. The van der Waals surface area contributed by atoms with E-state index in [0.29, 0.717) is 25.8 Å². The number of ketones is 1. The predicted octanol–water partition coefficient (Wildman–Crippen LogP) is 2.42. The van der Waals surface area contributed by atoms with E-state index < -0.39 is 6.04 Å². The van der Waals surface area contributed by atoms with Crippen molar-refractivity contribution >= 4 is 42.9 Å². The van der Waals surface area contributed by atoms with Crippen molar-refractivity contribution in [3.8, 4) is 0 Å². The van der Waals surface area contributed by atoms with Gasteiger partial charge in [0.2, 0.25) is 23.6 Å². The highest BCUT2D eigenvalue weighted by Gasteiger charge is 2.34. The van der Waals surface area contributed by atoms with E-state index in [1.165, 1.54) is 11.8 Å². The summed E-state index contributed by atoms with van der Waals surface area (Å²) in [4.78, 5) is 60.0. The molecule has 0 aliphatic carbocycles. The van der Waals surface area contributed by atoms with Gasteiger partial charge in [0.25, 0.3) is 0 Å². The number of hydrogen-bond acceptors (Lipinski definition) is 5. The number of hydrogen-bond donors (Lipinski definition) is 2. The molecule has 1 saturated heterocycles. The lowest BCUT2D eigenvalue weighted by atomic mass is 10.0. The second kappa shape index (κ2) is 15.9. The molecular formula is C21H43N3O5S. The number of Topliss-reactive ketones (excluding diaryl/α,β-unsaturated/α-hetero) is 1. The van der Waals surface area contributed by atoms with Crippen molar-refractivity contribution in [2.75, 3.05) is 13.1 Å². The van der Waals surface area contributed by atoms with Gasteiger partial charge >= 0.3 is 0 Å². The zero-order valence-electron chi connectivity index (χ0n) is 19.2. The van der Waals surface area contributed by atoms with Gasteiger partial charge in [-0.15, -0.1) is 0 Å². The standard InChI is InChI=1S/C19H31N3O5.C2H6.H2S.2H2/c1-12(2)17(18(26)20-11-14(4)23)21-15(24)8-6-5-7-9-22-16(25)10-13(3)19(22)27;1-2;;;/h12-13,17H,5-11H2,1-4H3,(H,20,26)(H,21,24);1-2H3;1H2;2*1H/t13?,17-;;;;/m0..../s1. The van der Waals surface area contributed by atoms with Gasteiger partial charge in [0.05, 0.1) is 6.54 Å². The van der Waals surface area contributed by atoms with Gasteiger partial charge in [0, 0.05) is 28.2 Å². The molecule has 4 amide bonds. The number of carbonyl (C=O) groups is 5. The monoisotopic (exact) mass is 449 g/mol. The number of unbranched alkanes of at least 4 members (excludes halogenated alkanes) is 2. The first-order chi connectivity index (χ1) is 13.6. The zero-order valence-corrected chi connectivity index (χ0v) is 20.2. The first-order valence-electron chi connectivity index (χ1n) is 10.5. The highest BCUT2D eigenvalue weighted by atomic mass is 32.1. The molecule has 1 fully saturated rings. The van der Waals surface area contributed by atoms with Crippen molar-refractivity contribution in [1.82, 2.24) is 15.5 Å². The molecule has 0 radical (unpaired) electrons. The quantitative estimate of drug-likeness (QED) is 0.371. The topological polar surface area (TPSA) is 113 Å². The fraction of sp³-hybridized carbons (Fsp3) is 0.762. The van der Waals surface area contributed by atoms with Crippen molar-refractivity contribution in [3.05, 3.63) is 0 Å². The fourth-order valence-corrected chi connectivity index (χ4v) is 2.92. The molecule has 1 rings (SSSR count). The van der Waals surface area contributed by atoms with Crippen LogP contribution in [0.5, 0.6) is 0 Å². The summed E-state index contributed by atoms with van der Waals surface area (Å²) in [6.45, 7) is 11.1. The molecule has 1 aliphatic rings. The minimum absolute atomic E-state index is 0. The van der Waals surface area contributed by atoms with Crippen molar-refractivity contribution in [2.24, 2.45) is 11.8 Å². The first-order valence-corrected chi connectivity index (χ1v) is 10.5. The molecular weight excluding hydrogens is 406 g/mol. The van der Waals surface area contributed by atoms with Crippen LogP contribution in [0, 0.1) is 11.8 Å². The van der Waals surface area contributed by atoms with E-state index in [4.69, 9.17) is 0 Å². The molecule has 8 nitrogen and oxygen atoms in total. The molecule has 0 aromatic heterocycles. The number of nitrogens with zero attached hydrogens (tertiary/aromatic N) is 1. The SMILES string of the molecule is CC.CC(=O)CNC(=O)[C@@H](NC(=O)CCCCCN1C(=O)CC(C)C1=O)C(C)C.S.[HH].[HH]. The van der Waals surface area contributed by atoms with E-state index in [2.05, 4.69) is 10.6 Å². The maximum Gasteiger partial charge on any atom is 0.243 e. The van der Waals surface area contributed by atoms with Gasteiger partial charge in [-0.05, 0) is 25.7 Å². The molecule has 1 aliphatic heterocycles. The molecule has 0 aromatic rings. The number of amides is 4. The predicted molar refractivity (Wildman–Crippen MR) is 125 cm³/mol. The molecule has 0 bridgehead atoms. The van der Waals surface area contributed by atoms with Gasteiger partial charge in [-0.25, -0.2) is 0 Å². The lowest BCUT2D eigenvalue weighted by Gasteiger charge is -2.21. The summed E-state index contributed by atoms with van der Waals surface area (Å²) in [5, 5.41) is 5.23. The molecule has 30 heavy (non-hydrogen) atoms. The Hall–Kier alpha value is -1.90. The van der Waals surface area contributed by atoms with Gasteiger partial charge in [-0.1, -0.05) is 41.0 Å². The minimum Gasteiger partial charge on any atom is -0.347 e. The third-order valence-electron chi connectivity index (χ3n) is 4.53. The number of imide groups is 1. The molecule has 178 valence electrons. The molecule has 0 saturated carbocycles. The van der Waals surface area contributed by atoms with Crippen molar-refractivity contribution in [3.63, 3.8) is 0 Å². The third kappa shape index (κ3) is 10.8. The summed E-state index contributed by atoms with van der Waals surface area (Å²) in [6.07, 6.45) is 2.52. The third-order valence-corrected chi connectivity index (χ3v) is 4.53. The normalized spacial score (nSPS) is 16.4. The van der Waals surface area contributed by atoms with E-state index in [1.807, 2.05) is 27.7 Å². The van der Waals surface area contributed by atoms with Gasteiger partial charge in [-0.2, -0.15) is 13.5 Å². The average molecular weight is 450 g/mol. The molecule has 0 aromatic carbocycles. The molecule has 0 spiro atoms. The average Bonchev–Trinajstić information content (AvgIpc) is 2.91. The van der Waals surface area contributed by atoms with Crippen LogP contribution < -0.4 is 10.6 Å². The van der Waals surface area contributed by atoms with Crippen molar-refractivity contribution < 1.29 is 26.8 Å².